The molecule has 5 rings (SSSR count). The highest BCUT2D eigenvalue weighted by Crippen LogP contribution is 2.45. The van der Waals surface area contributed by atoms with Crippen LogP contribution in [-0.2, 0) is 16.6 Å². The number of amides is 1. The number of para-hydroxylation sites is 2. The highest BCUT2D eigenvalue weighted by atomic mass is 35.5. The van der Waals surface area contributed by atoms with Crippen molar-refractivity contribution < 1.29 is 19.4 Å². The number of Topliss-reactive ketones (excluding diaryl/α,β-unsaturated/α-hetero) is 1. The van der Waals surface area contributed by atoms with Crippen LogP contribution in [0.15, 0.2) is 84.6 Å². The van der Waals surface area contributed by atoms with E-state index in [9.17, 15) is 14.7 Å². The van der Waals surface area contributed by atoms with Crippen molar-refractivity contribution in [3.63, 3.8) is 0 Å². The molecule has 7 heteroatoms. The van der Waals surface area contributed by atoms with Crippen LogP contribution in [0.1, 0.15) is 24.1 Å². The highest BCUT2D eigenvalue weighted by Gasteiger charge is 2.47. The monoisotopic (exact) mass is 486 g/mol. The van der Waals surface area contributed by atoms with Gasteiger partial charge in [-0.2, -0.15) is 0 Å². The first-order valence-electron chi connectivity index (χ1n) is 11.2. The molecule has 0 aliphatic carbocycles. The number of aliphatic hydroxyl groups is 1. The maximum atomic E-state index is 13.4. The van der Waals surface area contributed by atoms with Crippen molar-refractivity contribution in [3.8, 4) is 5.75 Å². The molecule has 0 saturated carbocycles. The summed E-state index contributed by atoms with van der Waals surface area (Å²) in [5, 5.41) is 12.7. The molecule has 1 fully saturated rings. The summed E-state index contributed by atoms with van der Waals surface area (Å²) in [6.45, 7) is 2.22. The average molecular weight is 487 g/mol. The van der Waals surface area contributed by atoms with E-state index in [1.54, 1.807) is 30.3 Å². The fraction of sp³-hybridized carbons (Fsp3) is 0.143. The molecule has 1 aliphatic heterocycles. The van der Waals surface area contributed by atoms with Gasteiger partial charge in [0.25, 0.3) is 11.7 Å². The molecule has 0 spiro atoms. The summed E-state index contributed by atoms with van der Waals surface area (Å²) in [6.07, 6.45) is 1.90. The molecule has 4 aromatic rings. The van der Waals surface area contributed by atoms with E-state index < -0.39 is 17.7 Å². The third-order valence-electron chi connectivity index (χ3n) is 6.21. The van der Waals surface area contributed by atoms with E-state index in [1.165, 1.54) is 4.90 Å². The van der Waals surface area contributed by atoms with Crippen LogP contribution >= 0.6 is 11.6 Å². The minimum absolute atomic E-state index is 0.0139. The second kappa shape index (κ2) is 8.96. The zero-order valence-corrected chi connectivity index (χ0v) is 20.0. The zero-order valence-electron chi connectivity index (χ0n) is 19.2. The first-order valence-corrected chi connectivity index (χ1v) is 11.6. The smallest absolute Gasteiger partial charge is 0.300 e. The summed E-state index contributed by atoms with van der Waals surface area (Å²) in [6, 6.07) is 20.7. The standard InChI is InChI=1S/C28H23ClN2O4/c1-3-35-23-15-17(13-14-21(23)29)26(32)24-25(20-16-30(2)22-12-8-7-11-19(20)22)31(28(34)27(24)33)18-9-5-4-6-10-18/h4-16,25,32H,3H2,1-2H3/b26-24+. The first kappa shape index (κ1) is 22.7. The molecule has 3 aromatic carbocycles. The lowest BCUT2D eigenvalue weighted by atomic mass is 9.94. The van der Waals surface area contributed by atoms with Gasteiger partial charge in [0.05, 0.1) is 23.2 Å². The van der Waals surface area contributed by atoms with Crippen LogP contribution < -0.4 is 9.64 Å². The molecule has 176 valence electrons. The van der Waals surface area contributed by atoms with Crippen molar-refractivity contribution >= 4 is 45.6 Å². The summed E-state index contributed by atoms with van der Waals surface area (Å²) in [7, 11) is 1.91. The summed E-state index contributed by atoms with van der Waals surface area (Å²) in [4.78, 5) is 28.3. The van der Waals surface area contributed by atoms with Crippen LogP contribution in [0.25, 0.3) is 16.7 Å². The fourth-order valence-electron chi connectivity index (χ4n) is 4.64. The minimum atomic E-state index is -0.824. The van der Waals surface area contributed by atoms with Gasteiger partial charge in [0.1, 0.15) is 11.5 Å². The Bertz CT molecular complexity index is 1490. The fourth-order valence-corrected chi connectivity index (χ4v) is 4.82. The van der Waals surface area contributed by atoms with Gasteiger partial charge in [-0.3, -0.25) is 14.5 Å². The van der Waals surface area contributed by atoms with Gasteiger partial charge >= 0.3 is 0 Å². The quantitative estimate of drug-likeness (QED) is 0.218. The van der Waals surface area contributed by atoms with Gasteiger partial charge in [0.15, 0.2) is 0 Å². The van der Waals surface area contributed by atoms with E-state index in [0.717, 1.165) is 16.5 Å². The molecule has 35 heavy (non-hydrogen) atoms. The minimum Gasteiger partial charge on any atom is -0.507 e. The van der Waals surface area contributed by atoms with Gasteiger partial charge in [0.2, 0.25) is 0 Å². The lowest BCUT2D eigenvalue weighted by Gasteiger charge is -2.25. The summed E-state index contributed by atoms with van der Waals surface area (Å²) in [5.74, 6) is -1.35. The number of ketones is 1. The number of aryl methyl sites for hydroxylation is 1. The molecule has 1 unspecified atom stereocenters. The predicted molar refractivity (Wildman–Crippen MR) is 137 cm³/mol. The van der Waals surface area contributed by atoms with Crippen LogP contribution in [0.4, 0.5) is 5.69 Å². The number of nitrogens with zero attached hydrogens (tertiary/aromatic N) is 2. The number of carbonyl (C=O) groups excluding carboxylic acids is 2. The Morgan fingerprint density at radius 3 is 2.49 bits per heavy atom. The highest BCUT2D eigenvalue weighted by molar-refractivity contribution is 6.52. The van der Waals surface area contributed by atoms with Crippen LogP contribution in [-0.4, -0.2) is 28.0 Å². The Kier molecular flexibility index (Phi) is 5.83. The molecular weight excluding hydrogens is 464 g/mol. The van der Waals surface area contributed by atoms with E-state index >= 15 is 0 Å². The average Bonchev–Trinajstić information content (AvgIpc) is 3.34. The number of hydrogen-bond donors (Lipinski definition) is 1. The third-order valence-corrected chi connectivity index (χ3v) is 6.52. The number of ether oxygens (including phenoxy) is 1. The molecule has 1 aromatic heterocycles. The Balaban J connectivity index is 1.78. The second-order valence-electron chi connectivity index (χ2n) is 8.30. The Morgan fingerprint density at radius 1 is 1.03 bits per heavy atom. The molecule has 1 N–H and O–H groups in total. The maximum absolute atomic E-state index is 13.4. The number of benzene rings is 3. The van der Waals surface area contributed by atoms with Crippen LogP contribution in [0.2, 0.25) is 5.02 Å². The second-order valence-corrected chi connectivity index (χ2v) is 8.70. The van der Waals surface area contributed by atoms with E-state index in [2.05, 4.69) is 0 Å². The van der Waals surface area contributed by atoms with E-state index in [0.29, 0.717) is 28.6 Å². The third kappa shape index (κ3) is 3.76. The van der Waals surface area contributed by atoms with Gasteiger partial charge in [-0.25, -0.2) is 0 Å². The number of aromatic nitrogens is 1. The Morgan fingerprint density at radius 2 is 1.74 bits per heavy atom. The molecule has 0 bridgehead atoms. The number of halogens is 1. The molecule has 0 radical (unpaired) electrons. The molecular formula is C28H23ClN2O4. The van der Waals surface area contributed by atoms with Crippen LogP contribution in [0.5, 0.6) is 5.75 Å². The molecule has 1 saturated heterocycles. The largest absolute Gasteiger partial charge is 0.507 e. The van der Waals surface area contributed by atoms with Gasteiger partial charge in [-0.05, 0) is 43.3 Å². The van der Waals surface area contributed by atoms with Crippen molar-refractivity contribution in [2.45, 2.75) is 13.0 Å². The molecule has 1 amide bonds. The molecule has 1 atom stereocenters. The number of hydrogen-bond acceptors (Lipinski definition) is 4. The van der Waals surface area contributed by atoms with E-state index in [-0.39, 0.29) is 11.3 Å². The van der Waals surface area contributed by atoms with Crippen molar-refractivity contribution in [3.05, 3.63) is 101 Å². The lowest BCUT2D eigenvalue weighted by Crippen LogP contribution is -2.29. The van der Waals surface area contributed by atoms with E-state index in [1.807, 2.05) is 67.2 Å². The topological polar surface area (TPSA) is 71.8 Å². The van der Waals surface area contributed by atoms with Crippen molar-refractivity contribution in [1.29, 1.82) is 0 Å². The van der Waals surface area contributed by atoms with Crippen molar-refractivity contribution in [2.75, 3.05) is 11.5 Å². The number of anilines is 1. The summed E-state index contributed by atoms with van der Waals surface area (Å²) >= 11 is 6.23. The Hall–Kier alpha value is -4.03. The first-order chi connectivity index (χ1) is 16.9. The van der Waals surface area contributed by atoms with E-state index in [4.69, 9.17) is 16.3 Å². The normalized spacial score (nSPS) is 17.3. The van der Waals surface area contributed by atoms with Crippen molar-refractivity contribution in [2.24, 2.45) is 7.05 Å². The number of fused-ring (bicyclic) bond motifs is 1. The SMILES string of the molecule is CCOc1cc(/C(O)=C2\C(=O)C(=O)N(c3ccccc3)C2c2cn(C)c3ccccc23)ccc1Cl. The zero-order chi connectivity index (χ0) is 24.7. The molecule has 6 nitrogen and oxygen atoms in total. The van der Waals surface area contributed by atoms with Crippen LogP contribution in [0, 0.1) is 0 Å². The van der Waals surface area contributed by atoms with Crippen molar-refractivity contribution in [1.82, 2.24) is 4.57 Å². The number of aliphatic hydroxyl groups excluding tert-OH is 1. The summed E-state index contributed by atoms with van der Waals surface area (Å²) < 4.78 is 7.52. The van der Waals surface area contributed by atoms with Gasteiger partial charge < -0.3 is 14.4 Å². The predicted octanol–water partition coefficient (Wildman–Crippen LogP) is 5.86. The van der Waals surface area contributed by atoms with Gasteiger partial charge in [-0.15, -0.1) is 0 Å². The number of rotatable bonds is 5. The van der Waals surface area contributed by atoms with Gasteiger partial charge in [0, 0.05) is 41.0 Å². The molecule has 2 heterocycles. The van der Waals surface area contributed by atoms with Crippen LogP contribution in [0.3, 0.4) is 0 Å². The maximum Gasteiger partial charge on any atom is 0.300 e. The molecule has 1 aliphatic rings. The Labute approximate surface area is 207 Å². The summed E-state index contributed by atoms with van der Waals surface area (Å²) in [5.41, 5.74) is 2.62. The lowest BCUT2D eigenvalue weighted by molar-refractivity contribution is -0.132. The van der Waals surface area contributed by atoms with Gasteiger partial charge in [-0.1, -0.05) is 48.0 Å². The number of carbonyl (C=O) groups is 2.